The maximum atomic E-state index is 14.0. The van der Waals surface area contributed by atoms with Crippen molar-refractivity contribution in [2.24, 2.45) is 0 Å². The van der Waals surface area contributed by atoms with Crippen LogP contribution >= 0.6 is 11.6 Å². The van der Waals surface area contributed by atoms with Gasteiger partial charge < -0.3 is 9.40 Å². The Morgan fingerprint density at radius 2 is 2.00 bits per heavy atom. The smallest absolute Gasteiger partial charge is 0.294 e. The summed E-state index contributed by atoms with van der Waals surface area (Å²) in [6.07, 6.45) is 0. The zero-order valence-electron chi connectivity index (χ0n) is 13.9. The summed E-state index contributed by atoms with van der Waals surface area (Å²) in [5.41, 5.74) is 1.42. The minimum atomic E-state index is -0.359. The van der Waals surface area contributed by atoms with Crippen LogP contribution in [0.25, 0.3) is 22.1 Å². The number of aromatic nitrogens is 2. The molecular weight excluding hydrogens is 357 g/mol. The summed E-state index contributed by atoms with van der Waals surface area (Å²) in [6.45, 7) is 0.620. The largest absolute Gasteiger partial charge is 0.449 e. The predicted octanol–water partition coefficient (Wildman–Crippen LogP) is 4.09. The van der Waals surface area contributed by atoms with Gasteiger partial charge in [-0.25, -0.2) is 9.37 Å². The van der Waals surface area contributed by atoms with E-state index >= 15 is 0 Å². The van der Waals surface area contributed by atoms with Crippen molar-refractivity contribution in [3.05, 3.63) is 75.0 Å². The summed E-state index contributed by atoms with van der Waals surface area (Å²) in [7, 11) is 1.81. The van der Waals surface area contributed by atoms with Crippen LogP contribution in [0.5, 0.6) is 0 Å². The van der Waals surface area contributed by atoms with Gasteiger partial charge in [0.1, 0.15) is 22.7 Å². The predicted molar refractivity (Wildman–Crippen MR) is 98.7 cm³/mol. The normalized spacial score (nSPS) is 11.7. The Bertz CT molecular complexity index is 1150. The van der Waals surface area contributed by atoms with Gasteiger partial charge >= 0.3 is 0 Å². The molecule has 0 amide bonds. The van der Waals surface area contributed by atoms with E-state index in [4.69, 9.17) is 16.0 Å². The number of nitrogens with zero attached hydrogens (tertiary/aromatic N) is 2. The third-order valence-electron chi connectivity index (χ3n) is 4.19. The van der Waals surface area contributed by atoms with E-state index in [1.165, 1.54) is 6.07 Å². The molecule has 0 fully saturated rings. The molecule has 0 radical (unpaired) electrons. The van der Waals surface area contributed by atoms with Crippen LogP contribution in [0.3, 0.4) is 0 Å². The highest BCUT2D eigenvalue weighted by molar-refractivity contribution is 6.31. The molecule has 2 aromatic heterocycles. The third-order valence-corrected chi connectivity index (χ3v) is 4.54. The summed E-state index contributed by atoms with van der Waals surface area (Å²) in [4.78, 5) is 21.4. The summed E-state index contributed by atoms with van der Waals surface area (Å²) < 4.78 is 19.5. The van der Waals surface area contributed by atoms with Crippen LogP contribution in [0, 0.1) is 5.82 Å². The SMILES string of the molecule is CN(Cc1nc2c(oc3ccccc32)c(=O)[nH]1)Cc1c(F)cccc1Cl. The van der Waals surface area contributed by atoms with Gasteiger partial charge in [-0.2, -0.15) is 0 Å². The van der Waals surface area contributed by atoms with Gasteiger partial charge in [-0.3, -0.25) is 9.69 Å². The van der Waals surface area contributed by atoms with Crippen LogP contribution in [0.2, 0.25) is 5.02 Å². The molecule has 26 heavy (non-hydrogen) atoms. The van der Waals surface area contributed by atoms with E-state index in [9.17, 15) is 9.18 Å². The lowest BCUT2D eigenvalue weighted by Gasteiger charge is -2.17. The fraction of sp³-hybridized carbons (Fsp3) is 0.158. The Labute approximate surface area is 153 Å². The van der Waals surface area contributed by atoms with E-state index in [1.54, 1.807) is 25.2 Å². The van der Waals surface area contributed by atoms with Crippen LogP contribution in [-0.4, -0.2) is 21.9 Å². The average molecular weight is 372 g/mol. The maximum absolute atomic E-state index is 14.0. The molecule has 2 heterocycles. The van der Waals surface area contributed by atoms with Crippen molar-refractivity contribution in [3.8, 4) is 0 Å². The summed E-state index contributed by atoms with van der Waals surface area (Å²) in [5, 5.41) is 1.16. The number of nitrogens with one attached hydrogen (secondary N) is 1. The lowest BCUT2D eigenvalue weighted by molar-refractivity contribution is 0.305. The van der Waals surface area contributed by atoms with Crippen LogP contribution in [0.4, 0.5) is 4.39 Å². The van der Waals surface area contributed by atoms with Crippen molar-refractivity contribution in [1.82, 2.24) is 14.9 Å². The third kappa shape index (κ3) is 2.98. The van der Waals surface area contributed by atoms with Crippen LogP contribution < -0.4 is 5.56 Å². The molecule has 0 spiro atoms. The number of H-pyrrole nitrogens is 1. The summed E-state index contributed by atoms with van der Waals surface area (Å²) >= 11 is 6.08. The molecule has 4 aromatic rings. The zero-order valence-corrected chi connectivity index (χ0v) is 14.7. The standard InChI is InChI=1S/C19H15ClFN3O2/c1-24(9-12-13(20)6-4-7-14(12)21)10-16-22-17-11-5-2-3-8-15(11)26-18(17)19(25)23-16/h2-8H,9-10H2,1H3,(H,22,23,25). The fourth-order valence-electron chi connectivity index (χ4n) is 2.99. The van der Waals surface area contributed by atoms with Gasteiger partial charge in [0.05, 0.1) is 6.54 Å². The van der Waals surface area contributed by atoms with Gasteiger partial charge in [-0.15, -0.1) is 0 Å². The molecule has 7 heteroatoms. The first-order valence-corrected chi connectivity index (χ1v) is 8.42. The topological polar surface area (TPSA) is 62.1 Å². The molecule has 0 saturated heterocycles. The minimum absolute atomic E-state index is 0.203. The molecule has 2 aromatic carbocycles. The van der Waals surface area contributed by atoms with Crippen molar-refractivity contribution in [2.45, 2.75) is 13.1 Å². The number of hydrogen-bond donors (Lipinski definition) is 1. The Morgan fingerprint density at radius 1 is 1.19 bits per heavy atom. The molecular formula is C19H15ClFN3O2. The summed E-state index contributed by atoms with van der Waals surface area (Å²) in [6, 6.07) is 12.0. The highest BCUT2D eigenvalue weighted by atomic mass is 35.5. The Kier molecular flexibility index (Phi) is 4.22. The number of para-hydroxylation sites is 1. The van der Waals surface area contributed by atoms with E-state index in [1.807, 2.05) is 23.1 Å². The van der Waals surface area contributed by atoms with E-state index in [2.05, 4.69) is 9.97 Å². The quantitative estimate of drug-likeness (QED) is 0.586. The average Bonchev–Trinajstić information content (AvgIpc) is 2.98. The highest BCUT2D eigenvalue weighted by Crippen LogP contribution is 2.25. The molecule has 0 atom stereocenters. The van der Waals surface area contributed by atoms with Crippen molar-refractivity contribution >= 4 is 33.7 Å². The molecule has 0 aliphatic rings. The number of fused-ring (bicyclic) bond motifs is 3. The van der Waals surface area contributed by atoms with E-state index in [-0.39, 0.29) is 17.0 Å². The van der Waals surface area contributed by atoms with Gasteiger partial charge in [-0.1, -0.05) is 29.8 Å². The second-order valence-electron chi connectivity index (χ2n) is 6.16. The zero-order chi connectivity index (χ0) is 18.3. The molecule has 132 valence electrons. The maximum Gasteiger partial charge on any atom is 0.294 e. The lowest BCUT2D eigenvalue weighted by Crippen LogP contribution is -2.22. The molecule has 4 rings (SSSR count). The minimum Gasteiger partial charge on any atom is -0.449 e. The Morgan fingerprint density at radius 3 is 2.81 bits per heavy atom. The monoisotopic (exact) mass is 371 g/mol. The first kappa shape index (κ1) is 16.8. The lowest BCUT2D eigenvalue weighted by atomic mass is 10.2. The molecule has 0 saturated carbocycles. The number of furan rings is 1. The number of hydrogen-bond acceptors (Lipinski definition) is 4. The van der Waals surface area contributed by atoms with Crippen molar-refractivity contribution in [2.75, 3.05) is 7.05 Å². The number of benzene rings is 2. The fourth-order valence-corrected chi connectivity index (χ4v) is 3.21. The van der Waals surface area contributed by atoms with Gasteiger partial charge in [0.15, 0.2) is 0 Å². The molecule has 0 bridgehead atoms. The van der Waals surface area contributed by atoms with Gasteiger partial charge in [-0.05, 0) is 31.3 Å². The van der Waals surface area contributed by atoms with E-state index in [0.29, 0.717) is 40.6 Å². The molecule has 1 N–H and O–H groups in total. The Balaban J connectivity index is 1.66. The summed E-state index contributed by atoms with van der Waals surface area (Å²) in [5.74, 6) is 0.117. The number of rotatable bonds is 4. The molecule has 0 unspecified atom stereocenters. The van der Waals surface area contributed by atoms with E-state index in [0.717, 1.165) is 5.39 Å². The van der Waals surface area contributed by atoms with E-state index < -0.39 is 0 Å². The number of halogens is 2. The number of aromatic amines is 1. The van der Waals surface area contributed by atoms with Crippen molar-refractivity contribution < 1.29 is 8.81 Å². The van der Waals surface area contributed by atoms with Gasteiger partial charge in [0.2, 0.25) is 5.58 Å². The first-order valence-electron chi connectivity index (χ1n) is 8.05. The second kappa shape index (κ2) is 6.55. The molecule has 0 aliphatic heterocycles. The molecule has 0 aliphatic carbocycles. The van der Waals surface area contributed by atoms with Crippen LogP contribution in [-0.2, 0) is 13.1 Å². The second-order valence-corrected chi connectivity index (χ2v) is 6.57. The van der Waals surface area contributed by atoms with Crippen molar-refractivity contribution in [3.63, 3.8) is 0 Å². The van der Waals surface area contributed by atoms with Crippen LogP contribution in [0.1, 0.15) is 11.4 Å². The molecule has 5 nitrogen and oxygen atoms in total. The van der Waals surface area contributed by atoms with Crippen molar-refractivity contribution in [1.29, 1.82) is 0 Å². The Hall–Kier alpha value is -2.70. The highest BCUT2D eigenvalue weighted by Gasteiger charge is 2.15. The van der Waals surface area contributed by atoms with Gasteiger partial charge in [0, 0.05) is 22.5 Å². The van der Waals surface area contributed by atoms with Crippen LogP contribution in [0.15, 0.2) is 51.7 Å². The first-order chi connectivity index (χ1) is 12.5. The van der Waals surface area contributed by atoms with Gasteiger partial charge in [0.25, 0.3) is 5.56 Å².